The molecule has 3 rings (SSSR count). The number of benzene rings is 1. The summed E-state index contributed by atoms with van der Waals surface area (Å²) in [5, 5.41) is 3.69. The molecule has 2 aliphatic rings. The Labute approximate surface area is 123 Å². The lowest BCUT2D eigenvalue weighted by molar-refractivity contribution is 0.301. The molecule has 2 aliphatic carbocycles. The Morgan fingerprint density at radius 2 is 2.00 bits per heavy atom. The second-order valence-electron chi connectivity index (χ2n) is 6.32. The predicted molar refractivity (Wildman–Crippen MR) is 85.1 cm³/mol. The Balaban J connectivity index is 1.46. The highest BCUT2D eigenvalue weighted by Crippen LogP contribution is 2.59. The van der Waals surface area contributed by atoms with E-state index in [0.29, 0.717) is 0 Å². The standard InChI is InChI=1S/C18H28N2/c1-3-20(4-2)12-11-19-13-17-16-10-9-14-7-5-6-8-15(14)18(16)17/h5-8,16-19H,3-4,9-13H2,1-2H3. The van der Waals surface area contributed by atoms with Gasteiger partial charge in [0.1, 0.15) is 0 Å². The van der Waals surface area contributed by atoms with Gasteiger partial charge >= 0.3 is 0 Å². The Hall–Kier alpha value is -0.860. The molecule has 0 aromatic heterocycles. The van der Waals surface area contributed by atoms with Gasteiger partial charge < -0.3 is 10.2 Å². The molecule has 2 nitrogen and oxygen atoms in total. The van der Waals surface area contributed by atoms with Gasteiger partial charge in [-0.05, 0) is 61.4 Å². The second kappa shape index (κ2) is 6.28. The fraction of sp³-hybridized carbons (Fsp3) is 0.667. The number of nitrogens with zero attached hydrogens (tertiary/aromatic N) is 1. The van der Waals surface area contributed by atoms with Crippen LogP contribution in [0.1, 0.15) is 37.3 Å². The number of hydrogen-bond acceptors (Lipinski definition) is 2. The molecule has 1 aromatic rings. The Kier molecular flexibility index (Phi) is 4.42. The van der Waals surface area contributed by atoms with Crippen LogP contribution < -0.4 is 5.32 Å². The molecule has 1 fully saturated rings. The van der Waals surface area contributed by atoms with Gasteiger partial charge in [-0.3, -0.25) is 0 Å². The number of aryl methyl sites for hydroxylation is 1. The van der Waals surface area contributed by atoms with Crippen molar-refractivity contribution in [3.05, 3.63) is 35.4 Å². The first-order valence-corrected chi connectivity index (χ1v) is 8.36. The molecule has 1 aromatic carbocycles. The lowest BCUT2D eigenvalue weighted by Crippen LogP contribution is -2.32. The minimum atomic E-state index is 0.862. The highest BCUT2D eigenvalue weighted by atomic mass is 15.1. The molecule has 0 aliphatic heterocycles. The summed E-state index contributed by atoms with van der Waals surface area (Å²) in [5.74, 6) is 2.72. The van der Waals surface area contributed by atoms with Crippen molar-refractivity contribution in [2.24, 2.45) is 11.8 Å². The average molecular weight is 272 g/mol. The summed E-state index contributed by atoms with van der Waals surface area (Å²) >= 11 is 0. The molecule has 110 valence electrons. The van der Waals surface area contributed by atoms with E-state index in [0.717, 1.165) is 24.3 Å². The summed E-state index contributed by atoms with van der Waals surface area (Å²) in [7, 11) is 0. The largest absolute Gasteiger partial charge is 0.315 e. The van der Waals surface area contributed by atoms with Crippen molar-refractivity contribution in [3.63, 3.8) is 0 Å². The van der Waals surface area contributed by atoms with Gasteiger partial charge in [0, 0.05) is 13.1 Å². The quantitative estimate of drug-likeness (QED) is 0.768. The predicted octanol–water partition coefficient (Wildman–Crippen LogP) is 2.89. The maximum Gasteiger partial charge on any atom is 0.0107 e. The third kappa shape index (κ3) is 2.77. The summed E-state index contributed by atoms with van der Waals surface area (Å²) in [5.41, 5.74) is 3.26. The van der Waals surface area contributed by atoms with E-state index in [9.17, 15) is 0 Å². The van der Waals surface area contributed by atoms with Crippen LogP contribution in [0.25, 0.3) is 0 Å². The molecule has 1 N–H and O–H groups in total. The summed E-state index contributed by atoms with van der Waals surface area (Å²) in [6.07, 6.45) is 2.71. The van der Waals surface area contributed by atoms with Crippen LogP contribution in [0.4, 0.5) is 0 Å². The van der Waals surface area contributed by atoms with E-state index in [1.165, 1.54) is 39.0 Å². The first kappa shape index (κ1) is 14.1. The van der Waals surface area contributed by atoms with Crippen LogP contribution >= 0.6 is 0 Å². The highest BCUT2D eigenvalue weighted by Gasteiger charge is 2.52. The molecule has 0 bridgehead atoms. The van der Waals surface area contributed by atoms with Crippen molar-refractivity contribution < 1.29 is 0 Å². The minimum absolute atomic E-state index is 0.862. The van der Waals surface area contributed by atoms with Gasteiger partial charge in [0.05, 0.1) is 0 Å². The van der Waals surface area contributed by atoms with Gasteiger partial charge in [0.25, 0.3) is 0 Å². The Bertz CT molecular complexity index is 439. The SMILES string of the molecule is CCN(CC)CCNCC1C2CCc3ccccc3C21. The third-order valence-corrected chi connectivity index (χ3v) is 5.37. The van der Waals surface area contributed by atoms with E-state index in [1.807, 2.05) is 0 Å². The van der Waals surface area contributed by atoms with Crippen LogP contribution in [0.5, 0.6) is 0 Å². The van der Waals surface area contributed by atoms with Crippen LogP contribution in [0.3, 0.4) is 0 Å². The van der Waals surface area contributed by atoms with Crippen LogP contribution in [0.2, 0.25) is 0 Å². The van der Waals surface area contributed by atoms with Gasteiger partial charge in [-0.1, -0.05) is 38.1 Å². The molecule has 3 atom stereocenters. The van der Waals surface area contributed by atoms with E-state index in [-0.39, 0.29) is 0 Å². The lowest BCUT2D eigenvalue weighted by atomic mass is 9.92. The van der Waals surface area contributed by atoms with Crippen LogP contribution in [0.15, 0.2) is 24.3 Å². The monoisotopic (exact) mass is 272 g/mol. The van der Waals surface area contributed by atoms with Gasteiger partial charge in [0.2, 0.25) is 0 Å². The Morgan fingerprint density at radius 1 is 1.20 bits per heavy atom. The van der Waals surface area contributed by atoms with Crippen LogP contribution in [-0.2, 0) is 6.42 Å². The maximum absolute atomic E-state index is 3.69. The van der Waals surface area contributed by atoms with Crippen LogP contribution in [-0.4, -0.2) is 37.6 Å². The van der Waals surface area contributed by atoms with Gasteiger partial charge in [-0.25, -0.2) is 0 Å². The molecule has 0 radical (unpaired) electrons. The number of nitrogens with one attached hydrogen (secondary N) is 1. The summed E-state index contributed by atoms with van der Waals surface area (Å²) < 4.78 is 0. The molecular weight excluding hydrogens is 244 g/mol. The number of rotatable bonds is 7. The van der Waals surface area contributed by atoms with Crippen molar-refractivity contribution in [2.75, 3.05) is 32.7 Å². The minimum Gasteiger partial charge on any atom is -0.315 e. The van der Waals surface area contributed by atoms with Crippen LogP contribution in [0, 0.1) is 11.8 Å². The van der Waals surface area contributed by atoms with E-state index in [1.54, 1.807) is 11.1 Å². The molecule has 20 heavy (non-hydrogen) atoms. The molecule has 1 saturated carbocycles. The fourth-order valence-electron chi connectivity index (χ4n) is 4.03. The average Bonchev–Trinajstić information content (AvgIpc) is 3.21. The van der Waals surface area contributed by atoms with Gasteiger partial charge in [-0.2, -0.15) is 0 Å². The molecular formula is C18H28N2. The molecule has 0 saturated heterocycles. The molecule has 2 heteroatoms. The van der Waals surface area contributed by atoms with E-state index in [4.69, 9.17) is 0 Å². The highest BCUT2D eigenvalue weighted by molar-refractivity contribution is 5.39. The van der Waals surface area contributed by atoms with Crippen molar-refractivity contribution in [3.8, 4) is 0 Å². The van der Waals surface area contributed by atoms with Crippen molar-refractivity contribution in [1.29, 1.82) is 0 Å². The smallest absolute Gasteiger partial charge is 0.0107 e. The van der Waals surface area contributed by atoms with Crippen molar-refractivity contribution in [1.82, 2.24) is 10.2 Å². The first-order valence-electron chi connectivity index (χ1n) is 8.36. The zero-order valence-corrected chi connectivity index (χ0v) is 12.9. The van der Waals surface area contributed by atoms with E-state index < -0.39 is 0 Å². The third-order valence-electron chi connectivity index (χ3n) is 5.37. The molecule has 0 amide bonds. The van der Waals surface area contributed by atoms with E-state index >= 15 is 0 Å². The van der Waals surface area contributed by atoms with Gasteiger partial charge in [0.15, 0.2) is 0 Å². The van der Waals surface area contributed by atoms with Gasteiger partial charge in [-0.15, -0.1) is 0 Å². The normalized spacial score (nSPS) is 27.2. The van der Waals surface area contributed by atoms with Crippen molar-refractivity contribution in [2.45, 2.75) is 32.6 Å². The van der Waals surface area contributed by atoms with E-state index in [2.05, 4.69) is 48.3 Å². The number of likely N-dealkylation sites (N-methyl/N-ethyl adjacent to an activating group) is 1. The first-order chi connectivity index (χ1) is 9.85. The number of fused-ring (bicyclic) bond motifs is 3. The number of hydrogen-bond donors (Lipinski definition) is 1. The molecule has 0 heterocycles. The second-order valence-corrected chi connectivity index (χ2v) is 6.32. The summed E-state index contributed by atoms with van der Waals surface area (Å²) in [6.45, 7) is 10.4. The summed E-state index contributed by atoms with van der Waals surface area (Å²) in [6, 6.07) is 9.10. The van der Waals surface area contributed by atoms with Crippen molar-refractivity contribution >= 4 is 0 Å². The lowest BCUT2D eigenvalue weighted by Gasteiger charge is -2.18. The zero-order chi connectivity index (χ0) is 13.9. The molecule has 3 unspecified atom stereocenters. The topological polar surface area (TPSA) is 15.3 Å². The zero-order valence-electron chi connectivity index (χ0n) is 12.9. The fourth-order valence-corrected chi connectivity index (χ4v) is 4.03. The Morgan fingerprint density at radius 3 is 2.80 bits per heavy atom. The molecule has 0 spiro atoms. The summed E-state index contributed by atoms with van der Waals surface area (Å²) in [4.78, 5) is 2.49. The maximum atomic E-state index is 3.69.